The maximum absolute atomic E-state index is 5.05. The lowest BCUT2D eigenvalue weighted by Crippen LogP contribution is -2.10. The summed E-state index contributed by atoms with van der Waals surface area (Å²) in [6.45, 7) is 7.22. The van der Waals surface area contributed by atoms with E-state index in [1.165, 1.54) is 0 Å². The molecule has 0 radical (unpaired) electrons. The second-order valence-electron chi connectivity index (χ2n) is 4.09. The Morgan fingerprint density at radius 3 is 2.56 bits per heavy atom. The van der Waals surface area contributed by atoms with Gasteiger partial charge in [0.05, 0.1) is 7.11 Å². The van der Waals surface area contributed by atoms with Gasteiger partial charge in [-0.15, -0.1) is 0 Å². The summed E-state index contributed by atoms with van der Waals surface area (Å²) in [5.74, 6) is 1.90. The summed E-state index contributed by atoms with van der Waals surface area (Å²) in [6.07, 6.45) is 1.87. The Morgan fingerprint density at radius 1 is 1.25 bits per heavy atom. The van der Waals surface area contributed by atoms with Crippen LogP contribution in [0.2, 0.25) is 0 Å². The fourth-order valence-electron chi connectivity index (χ4n) is 1.26. The molecule has 0 aliphatic heterocycles. The molecule has 0 aliphatic rings. The van der Waals surface area contributed by atoms with Gasteiger partial charge in [-0.1, -0.05) is 20.8 Å². The number of rotatable bonds is 6. The molecule has 16 heavy (non-hydrogen) atoms. The van der Waals surface area contributed by atoms with Crippen molar-refractivity contribution in [2.45, 2.75) is 33.6 Å². The van der Waals surface area contributed by atoms with E-state index >= 15 is 0 Å². The third kappa shape index (κ3) is 4.00. The zero-order chi connectivity index (χ0) is 12.0. The molecule has 0 amide bonds. The molecule has 0 fully saturated rings. The first-order valence-corrected chi connectivity index (χ1v) is 5.68. The first-order chi connectivity index (χ1) is 7.65. The van der Waals surface area contributed by atoms with Gasteiger partial charge in [-0.2, -0.15) is 15.0 Å². The van der Waals surface area contributed by atoms with Crippen molar-refractivity contribution in [3.63, 3.8) is 0 Å². The van der Waals surface area contributed by atoms with Crippen LogP contribution in [0.3, 0.4) is 0 Å². The highest BCUT2D eigenvalue weighted by molar-refractivity contribution is 5.25. The molecule has 1 aromatic rings. The predicted octanol–water partition coefficient (Wildman–Crippen LogP) is 1.90. The van der Waals surface area contributed by atoms with Crippen molar-refractivity contribution in [1.29, 1.82) is 0 Å². The molecule has 0 bridgehead atoms. The first kappa shape index (κ1) is 12.7. The average molecular weight is 224 g/mol. The van der Waals surface area contributed by atoms with Crippen LogP contribution >= 0.6 is 0 Å². The molecule has 0 atom stereocenters. The van der Waals surface area contributed by atoms with Crippen molar-refractivity contribution in [3.05, 3.63) is 5.82 Å². The van der Waals surface area contributed by atoms with Crippen LogP contribution in [0.15, 0.2) is 0 Å². The minimum Gasteiger partial charge on any atom is -0.467 e. The summed E-state index contributed by atoms with van der Waals surface area (Å²) in [7, 11) is 1.57. The molecule has 1 aromatic heterocycles. The molecule has 1 rings (SSSR count). The van der Waals surface area contributed by atoms with Crippen molar-refractivity contribution in [1.82, 2.24) is 15.0 Å². The lowest BCUT2D eigenvalue weighted by Gasteiger charge is -2.08. The van der Waals surface area contributed by atoms with Crippen molar-refractivity contribution in [3.8, 4) is 6.01 Å². The molecule has 1 heterocycles. The Morgan fingerprint density at radius 2 is 2.00 bits per heavy atom. The molecule has 1 N–H and O–H groups in total. The van der Waals surface area contributed by atoms with Gasteiger partial charge in [0.2, 0.25) is 5.95 Å². The number of hydrogen-bond donors (Lipinski definition) is 1. The van der Waals surface area contributed by atoms with Gasteiger partial charge in [-0.25, -0.2) is 0 Å². The maximum atomic E-state index is 5.05. The summed E-state index contributed by atoms with van der Waals surface area (Å²) in [5, 5.41) is 3.14. The SMILES string of the molecule is CCCNc1nc(CC(C)C)nc(OC)n1. The summed E-state index contributed by atoms with van der Waals surface area (Å²) >= 11 is 0. The van der Waals surface area contributed by atoms with Crippen molar-refractivity contribution < 1.29 is 4.74 Å². The third-order valence-corrected chi connectivity index (χ3v) is 1.97. The molecule has 0 spiro atoms. The van der Waals surface area contributed by atoms with Gasteiger partial charge in [-0.3, -0.25) is 0 Å². The highest BCUT2D eigenvalue weighted by Gasteiger charge is 2.07. The standard InChI is InChI=1S/C11H20N4O/c1-5-6-12-10-13-9(7-8(2)3)14-11(15-10)16-4/h8H,5-7H2,1-4H3,(H,12,13,14,15). The molecule has 0 saturated carbocycles. The van der Waals surface area contributed by atoms with Gasteiger partial charge in [0.25, 0.3) is 0 Å². The van der Waals surface area contributed by atoms with Crippen LogP contribution in [0.1, 0.15) is 33.0 Å². The minimum absolute atomic E-state index is 0.379. The number of anilines is 1. The van der Waals surface area contributed by atoms with Gasteiger partial charge in [-0.05, 0) is 12.3 Å². The number of aromatic nitrogens is 3. The van der Waals surface area contributed by atoms with E-state index in [2.05, 4.69) is 41.0 Å². The fraction of sp³-hybridized carbons (Fsp3) is 0.727. The number of nitrogens with zero attached hydrogens (tertiary/aromatic N) is 3. The lowest BCUT2D eigenvalue weighted by atomic mass is 10.1. The summed E-state index contributed by atoms with van der Waals surface area (Å²) < 4.78 is 5.05. The van der Waals surface area contributed by atoms with Crippen LogP contribution in [0.4, 0.5) is 5.95 Å². The Hall–Kier alpha value is -1.39. The molecular weight excluding hydrogens is 204 g/mol. The van der Waals surface area contributed by atoms with Gasteiger partial charge >= 0.3 is 6.01 Å². The van der Waals surface area contributed by atoms with E-state index in [1.54, 1.807) is 7.11 Å². The van der Waals surface area contributed by atoms with E-state index in [0.29, 0.717) is 17.9 Å². The maximum Gasteiger partial charge on any atom is 0.321 e. The van der Waals surface area contributed by atoms with E-state index in [0.717, 1.165) is 25.2 Å². The average Bonchev–Trinajstić information content (AvgIpc) is 2.25. The second-order valence-corrected chi connectivity index (χ2v) is 4.09. The molecular formula is C11H20N4O. The van der Waals surface area contributed by atoms with Crippen molar-refractivity contribution >= 4 is 5.95 Å². The lowest BCUT2D eigenvalue weighted by molar-refractivity contribution is 0.375. The first-order valence-electron chi connectivity index (χ1n) is 5.68. The highest BCUT2D eigenvalue weighted by atomic mass is 16.5. The van der Waals surface area contributed by atoms with Crippen molar-refractivity contribution in [2.24, 2.45) is 5.92 Å². The smallest absolute Gasteiger partial charge is 0.321 e. The van der Waals surface area contributed by atoms with Gasteiger partial charge in [0.1, 0.15) is 5.82 Å². The monoisotopic (exact) mass is 224 g/mol. The van der Waals surface area contributed by atoms with Crippen LogP contribution in [0, 0.1) is 5.92 Å². The normalized spacial score (nSPS) is 10.6. The second kappa shape index (κ2) is 6.25. The molecule has 0 unspecified atom stereocenters. The molecule has 5 nitrogen and oxygen atoms in total. The topological polar surface area (TPSA) is 59.9 Å². The highest BCUT2D eigenvalue weighted by Crippen LogP contribution is 2.10. The molecule has 5 heteroatoms. The molecule has 0 aliphatic carbocycles. The van der Waals surface area contributed by atoms with Gasteiger partial charge in [0, 0.05) is 13.0 Å². The predicted molar refractivity (Wildman–Crippen MR) is 63.7 cm³/mol. The summed E-state index contributed by atoms with van der Waals surface area (Å²) in [5.41, 5.74) is 0. The van der Waals surface area contributed by atoms with Crippen LogP contribution < -0.4 is 10.1 Å². The van der Waals surface area contributed by atoms with Crippen molar-refractivity contribution in [2.75, 3.05) is 19.0 Å². The minimum atomic E-state index is 0.379. The van der Waals surface area contributed by atoms with E-state index < -0.39 is 0 Å². The quantitative estimate of drug-likeness (QED) is 0.799. The van der Waals surface area contributed by atoms with E-state index in [1.807, 2.05) is 0 Å². The molecule has 0 aromatic carbocycles. The van der Waals surface area contributed by atoms with E-state index in [9.17, 15) is 0 Å². The molecule has 90 valence electrons. The largest absolute Gasteiger partial charge is 0.467 e. The van der Waals surface area contributed by atoms with Crippen LogP contribution in [-0.2, 0) is 6.42 Å². The Labute approximate surface area is 96.7 Å². The number of nitrogens with one attached hydrogen (secondary N) is 1. The third-order valence-electron chi connectivity index (χ3n) is 1.97. The van der Waals surface area contributed by atoms with Crippen LogP contribution in [0.5, 0.6) is 6.01 Å². The molecule has 0 saturated heterocycles. The Balaban J connectivity index is 2.82. The number of ether oxygens (including phenoxy) is 1. The van der Waals surface area contributed by atoms with Crippen LogP contribution in [0.25, 0.3) is 0 Å². The Bertz CT molecular complexity index is 328. The van der Waals surface area contributed by atoms with E-state index in [4.69, 9.17) is 4.74 Å². The van der Waals surface area contributed by atoms with Gasteiger partial charge < -0.3 is 10.1 Å². The van der Waals surface area contributed by atoms with E-state index in [-0.39, 0.29) is 0 Å². The number of methoxy groups -OCH3 is 1. The van der Waals surface area contributed by atoms with Gasteiger partial charge in [0.15, 0.2) is 0 Å². The fourth-order valence-corrected chi connectivity index (χ4v) is 1.26. The summed E-state index contributed by atoms with van der Waals surface area (Å²) in [6, 6.07) is 0.379. The Kier molecular flexibility index (Phi) is 4.95. The summed E-state index contributed by atoms with van der Waals surface area (Å²) in [4.78, 5) is 12.7. The zero-order valence-electron chi connectivity index (χ0n) is 10.4. The van der Waals surface area contributed by atoms with Crippen LogP contribution in [-0.4, -0.2) is 28.6 Å². The number of hydrogen-bond acceptors (Lipinski definition) is 5. The zero-order valence-corrected chi connectivity index (χ0v) is 10.4.